The largest absolute Gasteiger partial charge is 0.497 e. The Morgan fingerprint density at radius 1 is 1.36 bits per heavy atom. The van der Waals surface area contributed by atoms with E-state index in [-0.39, 0.29) is 11.7 Å². The van der Waals surface area contributed by atoms with E-state index in [2.05, 4.69) is 4.90 Å². The van der Waals surface area contributed by atoms with Gasteiger partial charge in [0.05, 0.1) is 12.7 Å². The van der Waals surface area contributed by atoms with Crippen molar-refractivity contribution in [1.29, 1.82) is 0 Å². The van der Waals surface area contributed by atoms with Crippen LogP contribution in [-0.2, 0) is 5.60 Å². The molecule has 4 atom stereocenters. The fraction of sp³-hybridized carbons (Fsp3) is 0.667. The summed E-state index contributed by atoms with van der Waals surface area (Å²) in [4.78, 5) is 2.10. The molecule has 2 aliphatic rings. The predicted octanol–water partition coefficient (Wildman–Crippen LogP) is 3.02. The summed E-state index contributed by atoms with van der Waals surface area (Å²) in [5.74, 6) is 1.35. The van der Waals surface area contributed by atoms with Crippen LogP contribution in [-0.4, -0.2) is 37.8 Å². The van der Waals surface area contributed by atoms with Crippen molar-refractivity contribution in [2.75, 3.05) is 27.7 Å². The molecule has 3 nitrogen and oxygen atoms in total. The Labute approximate surface area is 132 Å². The Morgan fingerprint density at radius 2 is 2.14 bits per heavy atom. The molecule has 1 aromatic rings. The maximum atomic E-state index is 14.5. The number of nitrogens with zero attached hydrogens (tertiary/aromatic N) is 1. The van der Waals surface area contributed by atoms with Crippen molar-refractivity contribution in [3.05, 3.63) is 29.6 Å². The SMILES string of the molecule is COc1ccc(F)c(C2(O)CC3CCC(C3)C2CN(C)C)c1. The number of hydrogen-bond donors (Lipinski definition) is 1. The normalized spacial score (nSPS) is 34.2. The number of benzene rings is 1. The Bertz CT molecular complexity index is 548. The van der Waals surface area contributed by atoms with Crippen molar-refractivity contribution in [3.63, 3.8) is 0 Å². The fourth-order valence-electron chi connectivity index (χ4n) is 4.61. The predicted molar refractivity (Wildman–Crippen MR) is 84.3 cm³/mol. The molecule has 4 heteroatoms. The fourth-order valence-corrected chi connectivity index (χ4v) is 4.61. The van der Waals surface area contributed by atoms with Crippen molar-refractivity contribution in [2.24, 2.45) is 17.8 Å². The van der Waals surface area contributed by atoms with Gasteiger partial charge in [-0.15, -0.1) is 0 Å². The van der Waals surface area contributed by atoms with Crippen LogP contribution in [0.2, 0.25) is 0 Å². The Hall–Kier alpha value is -1.13. The van der Waals surface area contributed by atoms with Gasteiger partial charge in [-0.1, -0.05) is 6.42 Å². The minimum atomic E-state index is -1.09. The monoisotopic (exact) mass is 307 g/mol. The molecule has 0 saturated heterocycles. The van der Waals surface area contributed by atoms with Crippen LogP contribution in [0.25, 0.3) is 0 Å². The first-order chi connectivity index (χ1) is 10.4. The summed E-state index contributed by atoms with van der Waals surface area (Å²) >= 11 is 0. The standard InChI is InChI=1S/C18H26FNO2/c1-20(2)11-16-13-5-4-12(8-13)10-18(16,21)15-9-14(22-3)6-7-17(15)19/h6-7,9,12-13,16,21H,4-5,8,10-11H2,1-3H3. The highest BCUT2D eigenvalue weighted by Gasteiger charge is 2.52. The Kier molecular flexibility index (Phi) is 4.17. The molecule has 0 spiro atoms. The first kappa shape index (κ1) is 15.8. The zero-order valence-corrected chi connectivity index (χ0v) is 13.7. The molecule has 2 saturated carbocycles. The van der Waals surface area contributed by atoms with Crippen molar-refractivity contribution in [2.45, 2.75) is 31.3 Å². The first-order valence-corrected chi connectivity index (χ1v) is 8.15. The summed E-state index contributed by atoms with van der Waals surface area (Å²) in [5.41, 5.74) is -0.678. The molecule has 122 valence electrons. The van der Waals surface area contributed by atoms with Gasteiger partial charge in [-0.3, -0.25) is 0 Å². The van der Waals surface area contributed by atoms with Crippen LogP contribution in [0.1, 0.15) is 31.2 Å². The zero-order valence-electron chi connectivity index (χ0n) is 13.7. The summed E-state index contributed by atoms with van der Waals surface area (Å²) in [7, 11) is 5.61. The van der Waals surface area contributed by atoms with Crippen molar-refractivity contribution >= 4 is 0 Å². The molecule has 3 rings (SSSR count). The van der Waals surface area contributed by atoms with Crippen LogP contribution in [0.15, 0.2) is 18.2 Å². The van der Waals surface area contributed by atoms with Gasteiger partial charge in [0.2, 0.25) is 0 Å². The summed E-state index contributed by atoms with van der Waals surface area (Å²) in [5, 5.41) is 11.5. The van der Waals surface area contributed by atoms with E-state index in [0.717, 1.165) is 19.4 Å². The number of methoxy groups -OCH3 is 1. The van der Waals surface area contributed by atoms with Crippen LogP contribution >= 0.6 is 0 Å². The molecule has 0 amide bonds. The third kappa shape index (κ3) is 2.63. The molecule has 2 bridgehead atoms. The first-order valence-electron chi connectivity index (χ1n) is 8.15. The minimum Gasteiger partial charge on any atom is -0.497 e. The Morgan fingerprint density at radius 3 is 2.82 bits per heavy atom. The third-order valence-corrected chi connectivity index (χ3v) is 5.57. The van der Waals surface area contributed by atoms with Gasteiger partial charge in [0.25, 0.3) is 0 Å². The van der Waals surface area contributed by atoms with E-state index >= 15 is 0 Å². The molecular formula is C18H26FNO2. The zero-order chi connectivity index (χ0) is 15.9. The van der Waals surface area contributed by atoms with Crippen molar-refractivity contribution in [1.82, 2.24) is 4.90 Å². The molecule has 4 unspecified atom stereocenters. The van der Waals surface area contributed by atoms with E-state index in [1.165, 1.54) is 12.5 Å². The lowest BCUT2D eigenvalue weighted by Gasteiger charge is -2.45. The lowest BCUT2D eigenvalue weighted by molar-refractivity contribution is -0.0913. The molecule has 1 aromatic carbocycles. The van der Waals surface area contributed by atoms with Gasteiger partial charge >= 0.3 is 0 Å². The smallest absolute Gasteiger partial charge is 0.129 e. The number of fused-ring (bicyclic) bond motifs is 2. The molecule has 0 aromatic heterocycles. The number of rotatable bonds is 4. The lowest BCUT2D eigenvalue weighted by atomic mass is 9.65. The van der Waals surface area contributed by atoms with E-state index in [4.69, 9.17) is 4.74 Å². The van der Waals surface area contributed by atoms with E-state index < -0.39 is 5.60 Å². The van der Waals surface area contributed by atoms with Crippen LogP contribution < -0.4 is 4.74 Å². The average Bonchev–Trinajstić information content (AvgIpc) is 2.87. The van der Waals surface area contributed by atoms with Gasteiger partial charge in [0, 0.05) is 18.0 Å². The second-order valence-corrected chi connectivity index (χ2v) is 7.28. The van der Waals surface area contributed by atoms with Crippen molar-refractivity contribution < 1.29 is 14.2 Å². The summed E-state index contributed by atoms with van der Waals surface area (Å²) in [6, 6.07) is 4.71. The molecule has 22 heavy (non-hydrogen) atoms. The maximum absolute atomic E-state index is 14.5. The van der Waals surface area contributed by atoms with Crippen molar-refractivity contribution in [3.8, 4) is 5.75 Å². The number of halogens is 1. The lowest BCUT2D eigenvalue weighted by Crippen LogP contribution is -2.47. The molecule has 0 radical (unpaired) electrons. The average molecular weight is 307 g/mol. The van der Waals surface area contributed by atoms with E-state index in [9.17, 15) is 9.50 Å². The van der Waals surface area contributed by atoms with Gasteiger partial charge < -0.3 is 14.7 Å². The summed E-state index contributed by atoms with van der Waals surface area (Å²) < 4.78 is 19.7. The number of hydrogen-bond acceptors (Lipinski definition) is 3. The Balaban J connectivity index is 2.04. The second-order valence-electron chi connectivity index (χ2n) is 7.28. The third-order valence-electron chi connectivity index (χ3n) is 5.57. The van der Waals surface area contributed by atoms with Crippen LogP contribution in [0.5, 0.6) is 5.75 Å². The van der Waals surface area contributed by atoms with E-state index in [1.54, 1.807) is 19.2 Å². The van der Waals surface area contributed by atoms with Gasteiger partial charge in [-0.05, 0) is 63.4 Å². The van der Waals surface area contributed by atoms with Crippen LogP contribution in [0, 0.1) is 23.6 Å². The molecular weight excluding hydrogens is 281 g/mol. The van der Waals surface area contributed by atoms with Gasteiger partial charge in [-0.25, -0.2) is 4.39 Å². The maximum Gasteiger partial charge on any atom is 0.129 e. The van der Waals surface area contributed by atoms with Gasteiger partial charge in [0.15, 0.2) is 0 Å². The minimum absolute atomic E-state index is 0.0721. The van der Waals surface area contributed by atoms with E-state index in [0.29, 0.717) is 29.6 Å². The van der Waals surface area contributed by atoms with E-state index in [1.807, 2.05) is 14.1 Å². The second kappa shape index (κ2) is 5.82. The van der Waals surface area contributed by atoms with Gasteiger partial charge in [-0.2, -0.15) is 0 Å². The quantitative estimate of drug-likeness (QED) is 0.928. The van der Waals surface area contributed by atoms with Gasteiger partial charge in [0.1, 0.15) is 11.6 Å². The molecule has 1 N–H and O–H groups in total. The topological polar surface area (TPSA) is 32.7 Å². The molecule has 2 aliphatic carbocycles. The molecule has 0 aliphatic heterocycles. The highest BCUT2D eigenvalue weighted by atomic mass is 19.1. The van der Waals surface area contributed by atoms with Crippen LogP contribution in [0.3, 0.4) is 0 Å². The molecule has 0 heterocycles. The highest BCUT2D eigenvalue weighted by molar-refractivity contribution is 5.35. The number of aliphatic hydroxyl groups is 1. The summed E-state index contributed by atoms with van der Waals surface area (Å²) in [6.07, 6.45) is 4.14. The van der Waals surface area contributed by atoms with Crippen LogP contribution in [0.4, 0.5) is 4.39 Å². The highest BCUT2D eigenvalue weighted by Crippen LogP contribution is 2.54. The number of ether oxygens (including phenoxy) is 1. The molecule has 2 fully saturated rings. The summed E-state index contributed by atoms with van der Waals surface area (Å²) in [6.45, 7) is 0.782.